The van der Waals surface area contributed by atoms with Crippen molar-refractivity contribution in [1.82, 2.24) is 5.32 Å². The van der Waals surface area contributed by atoms with Crippen molar-refractivity contribution in [2.75, 3.05) is 7.05 Å². The number of hydrogen-bond acceptors (Lipinski definition) is 1. The van der Waals surface area contributed by atoms with Crippen LogP contribution in [0.1, 0.15) is 18.5 Å². The number of nitrogens with one attached hydrogen (secondary N) is 1. The van der Waals surface area contributed by atoms with Crippen LogP contribution in [0.3, 0.4) is 0 Å². The molecule has 12 heavy (non-hydrogen) atoms. The van der Waals surface area contributed by atoms with Crippen molar-refractivity contribution in [2.24, 2.45) is 0 Å². The summed E-state index contributed by atoms with van der Waals surface area (Å²) in [6.07, 6.45) is 0. The maximum atomic E-state index is 3.47. The summed E-state index contributed by atoms with van der Waals surface area (Å²) < 4.78 is 2.19. The van der Waals surface area contributed by atoms with Gasteiger partial charge in [0.2, 0.25) is 0 Å². The summed E-state index contributed by atoms with van der Waals surface area (Å²) in [5.41, 5.74) is 1.28. The van der Waals surface area contributed by atoms with Gasteiger partial charge in [0.05, 0.1) is 0 Å². The molecule has 0 aliphatic carbocycles. The molecule has 1 atom stereocenters. The van der Waals surface area contributed by atoms with Gasteiger partial charge in [-0.3, -0.25) is 0 Å². The summed E-state index contributed by atoms with van der Waals surface area (Å²) in [6.45, 7) is 2.13. The average molecular weight is 293 g/mol. The zero-order chi connectivity index (χ0) is 9.14. The zero-order valence-electron chi connectivity index (χ0n) is 7.07. The third kappa shape index (κ3) is 2.31. The summed E-state index contributed by atoms with van der Waals surface area (Å²) in [5.74, 6) is 0. The van der Waals surface area contributed by atoms with Crippen LogP contribution in [0.2, 0.25) is 0 Å². The third-order valence-electron chi connectivity index (χ3n) is 1.88. The van der Waals surface area contributed by atoms with Crippen LogP contribution in [0.5, 0.6) is 0 Å². The molecule has 66 valence electrons. The molecule has 1 aromatic carbocycles. The minimum Gasteiger partial charge on any atom is -0.313 e. The predicted octanol–water partition coefficient (Wildman–Crippen LogP) is 3.49. The first-order valence-corrected chi connectivity index (χ1v) is 5.36. The molecule has 0 aliphatic rings. The second kappa shape index (κ2) is 4.40. The molecule has 0 saturated heterocycles. The maximum absolute atomic E-state index is 3.47. The Hall–Kier alpha value is 0.140. The Labute approximate surface area is 89.8 Å². The lowest BCUT2D eigenvalue weighted by Gasteiger charge is -2.10. The van der Waals surface area contributed by atoms with E-state index in [1.165, 1.54) is 5.56 Å². The SMILES string of the molecule is CN[C@@H](C)c1ccc(Br)c(Br)c1. The molecular weight excluding hydrogens is 282 g/mol. The monoisotopic (exact) mass is 291 g/mol. The number of hydrogen-bond donors (Lipinski definition) is 1. The van der Waals surface area contributed by atoms with Crippen LogP contribution < -0.4 is 5.32 Å². The van der Waals surface area contributed by atoms with Crippen LogP contribution in [0.15, 0.2) is 27.1 Å². The lowest BCUT2D eigenvalue weighted by atomic mass is 10.1. The number of halogens is 2. The second-order valence-corrected chi connectivity index (χ2v) is 4.39. The predicted molar refractivity (Wildman–Crippen MR) is 59.3 cm³/mol. The normalized spacial score (nSPS) is 13.0. The minimum atomic E-state index is 0.398. The summed E-state index contributed by atoms with van der Waals surface area (Å²) >= 11 is 6.90. The van der Waals surface area contributed by atoms with Gasteiger partial charge in [-0.25, -0.2) is 0 Å². The van der Waals surface area contributed by atoms with Crippen molar-refractivity contribution < 1.29 is 0 Å². The average Bonchev–Trinajstić information content (AvgIpc) is 2.08. The van der Waals surface area contributed by atoms with E-state index in [0.29, 0.717) is 6.04 Å². The molecule has 0 amide bonds. The standard InChI is InChI=1S/C9H11Br2N/c1-6(12-2)7-3-4-8(10)9(11)5-7/h3-6,12H,1-2H3/t6-/m0/s1. The smallest absolute Gasteiger partial charge is 0.0320 e. The molecule has 0 spiro atoms. The van der Waals surface area contributed by atoms with Crippen molar-refractivity contribution in [3.8, 4) is 0 Å². The summed E-state index contributed by atoms with van der Waals surface area (Å²) in [5, 5.41) is 3.19. The van der Waals surface area contributed by atoms with Crippen LogP contribution in [-0.4, -0.2) is 7.05 Å². The fraction of sp³-hybridized carbons (Fsp3) is 0.333. The molecule has 0 radical (unpaired) electrons. The van der Waals surface area contributed by atoms with Crippen molar-refractivity contribution in [2.45, 2.75) is 13.0 Å². The number of rotatable bonds is 2. The molecule has 3 heteroatoms. The minimum absolute atomic E-state index is 0.398. The highest BCUT2D eigenvalue weighted by Crippen LogP contribution is 2.26. The van der Waals surface area contributed by atoms with Crippen molar-refractivity contribution in [3.63, 3.8) is 0 Å². The quantitative estimate of drug-likeness (QED) is 0.880. The van der Waals surface area contributed by atoms with E-state index in [9.17, 15) is 0 Å². The van der Waals surface area contributed by atoms with E-state index in [1.54, 1.807) is 0 Å². The maximum Gasteiger partial charge on any atom is 0.0320 e. The van der Waals surface area contributed by atoms with Crippen LogP contribution >= 0.6 is 31.9 Å². The summed E-state index contributed by atoms with van der Waals surface area (Å²) in [6, 6.07) is 6.67. The van der Waals surface area contributed by atoms with E-state index in [1.807, 2.05) is 13.1 Å². The van der Waals surface area contributed by atoms with Crippen LogP contribution in [0.25, 0.3) is 0 Å². The van der Waals surface area contributed by atoms with Gasteiger partial charge in [0.1, 0.15) is 0 Å². The van der Waals surface area contributed by atoms with Gasteiger partial charge in [0.25, 0.3) is 0 Å². The molecule has 0 fully saturated rings. The third-order valence-corrected chi connectivity index (χ3v) is 3.76. The Morgan fingerprint density at radius 1 is 1.25 bits per heavy atom. The largest absolute Gasteiger partial charge is 0.313 e. The lowest BCUT2D eigenvalue weighted by Crippen LogP contribution is -2.11. The molecule has 0 unspecified atom stereocenters. The van der Waals surface area contributed by atoms with Gasteiger partial charge in [-0.15, -0.1) is 0 Å². The van der Waals surface area contributed by atoms with Crippen LogP contribution in [0.4, 0.5) is 0 Å². The van der Waals surface area contributed by atoms with Gasteiger partial charge in [-0.2, -0.15) is 0 Å². The fourth-order valence-corrected chi connectivity index (χ4v) is 1.59. The van der Waals surface area contributed by atoms with Gasteiger partial charge < -0.3 is 5.32 Å². The van der Waals surface area contributed by atoms with E-state index in [2.05, 4.69) is 56.2 Å². The lowest BCUT2D eigenvalue weighted by molar-refractivity contribution is 0.652. The Morgan fingerprint density at radius 2 is 1.92 bits per heavy atom. The topological polar surface area (TPSA) is 12.0 Å². The Morgan fingerprint density at radius 3 is 2.42 bits per heavy atom. The first kappa shape index (κ1) is 10.2. The zero-order valence-corrected chi connectivity index (χ0v) is 10.2. The van der Waals surface area contributed by atoms with Gasteiger partial charge in [-0.1, -0.05) is 6.07 Å². The van der Waals surface area contributed by atoms with Gasteiger partial charge >= 0.3 is 0 Å². The fourth-order valence-electron chi connectivity index (χ4n) is 0.948. The van der Waals surface area contributed by atoms with Crippen molar-refractivity contribution >= 4 is 31.9 Å². The molecule has 1 aromatic rings. The van der Waals surface area contributed by atoms with E-state index in [4.69, 9.17) is 0 Å². The molecule has 1 rings (SSSR count). The second-order valence-electron chi connectivity index (χ2n) is 2.68. The first-order chi connectivity index (χ1) is 5.65. The highest BCUT2D eigenvalue weighted by Gasteiger charge is 2.03. The molecule has 1 nitrogen and oxygen atoms in total. The molecule has 0 heterocycles. The number of benzene rings is 1. The highest BCUT2D eigenvalue weighted by atomic mass is 79.9. The van der Waals surface area contributed by atoms with Crippen molar-refractivity contribution in [3.05, 3.63) is 32.7 Å². The van der Waals surface area contributed by atoms with E-state index >= 15 is 0 Å². The van der Waals surface area contributed by atoms with Gasteiger partial charge in [-0.05, 0) is 63.5 Å². The highest BCUT2D eigenvalue weighted by molar-refractivity contribution is 9.13. The van der Waals surface area contributed by atoms with Gasteiger partial charge in [0, 0.05) is 15.0 Å². The van der Waals surface area contributed by atoms with E-state index in [-0.39, 0.29) is 0 Å². The van der Waals surface area contributed by atoms with Crippen LogP contribution in [-0.2, 0) is 0 Å². The van der Waals surface area contributed by atoms with Crippen LogP contribution in [0, 0.1) is 0 Å². The molecule has 0 saturated carbocycles. The van der Waals surface area contributed by atoms with Gasteiger partial charge in [0.15, 0.2) is 0 Å². The Kier molecular flexibility index (Phi) is 3.75. The molecular formula is C9H11Br2N. The summed E-state index contributed by atoms with van der Waals surface area (Å²) in [7, 11) is 1.96. The Balaban J connectivity index is 2.96. The first-order valence-electron chi connectivity index (χ1n) is 3.77. The summed E-state index contributed by atoms with van der Waals surface area (Å²) in [4.78, 5) is 0. The Bertz CT molecular complexity index is 273. The molecule has 0 aliphatic heterocycles. The molecule has 1 N–H and O–H groups in total. The molecule has 0 bridgehead atoms. The van der Waals surface area contributed by atoms with E-state index in [0.717, 1.165) is 8.95 Å². The molecule has 0 aromatic heterocycles. The van der Waals surface area contributed by atoms with Crippen molar-refractivity contribution in [1.29, 1.82) is 0 Å². The van der Waals surface area contributed by atoms with E-state index < -0.39 is 0 Å².